The number of halogens is 2. The highest BCUT2D eigenvalue weighted by molar-refractivity contribution is 9.10. The van der Waals surface area contributed by atoms with Gasteiger partial charge in [-0.05, 0) is 29.6 Å². The fraction of sp³-hybridized carbons (Fsp3) is 0.267. The molecule has 0 aliphatic rings. The van der Waals surface area contributed by atoms with Crippen molar-refractivity contribution in [1.29, 1.82) is 0 Å². The van der Waals surface area contributed by atoms with Crippen LogP contribution in [0.25, 0.3) is 0 Å². The minimum absolute atomic E-state index is 0.0568. The maximum absolute atomic E-state index is 13.6. The molecule has 0 aliphatic heterocycles. The highest BCUT2D eigenvalue weighted by Crippen LogP contribution is 2.26. The molecular weight excluding hydrogens is 341 g/mol. The van der Waals surface area contributed by atoms with Crippen molar-refractivity contribution in [3.63, 3.8) is 0 Å². The van der Waals surface area contributed by atoms with E-state index in [-0.39, 0.29) is 11.0 Å². The molecule has 5 heteroatoms. The molecule has 0 aliphatic carbocycles. The number of benzene rings is 1. The topological polar surface area (TPSA) is 29.1 Å². The highest BCUT2D eigenvalue weighted by atomic mass is 79.9. The van der Waals surface area contributed by atoms with Crippen LogP contribution in [0.4, 0.5) is 4.39 Å². The zero-order valence-corrected chi connectivity index (χ0v) is 13.6. The van der Waals surface area contributed by atoms with E-state index in [1.807, 2.05) is 17.5 Å². The van der Waals surface area contributed by atoms with Crippen molar-refractivity contribution in [1.82, 2.24) is 5.32 Å². The molecule has 106 valence electrons. The van der Waals surface area contributed by atoms with Gasteiger partial charge < -0.3 is 5.32 Å². The molecule has 0 bridgehead atoms. The molecule has 0 spiro atoms. The zero-order valence-electron chi connectivity index (χ0n) is 11.2. The number of hydrogen-bond donors (Lipinski definition) is 1. The first-order valence-electron chi connectivity index (χ1n) is 6.17. The monoisotopic (exact) mass is 355 g/mol. The predicted molar refractivity (Wildman–Crippen MR) is 83.8 cm³/mol. The third kappa shape index (κ3) is 3.46. The molecule has 0 saturated carbocycles. The van der Waals surface area contributed by atoms with Crippen LogP contribution in [0.1, 0.15) is 29.1 Å². The summed E-state index contributed by atoms with van der Waals surface area (Å²) in [5.74, 6) is -0.909. The van der Waals surface area contributed by atoms with E-state index >= 15 is 0 Å². The molecule has 1 aromatic carbocycles. The summed E-state index contributed by atoms with van der Waals surface area (Å²) in [7, 11) is 0. The second-order valence-corrected chi connectivity index (χ2v) is 7.03. The van der Waals surface area contributed by atoms with Gasteiger partial charge in [-0.25, -0.2) is 4.39 Å². The van der Waals surface area contributed by atoms with Gasteiger partial charge in [0.25, 0.3) is 5.91 Å². The van der Waals surface area contributed by atoms with Crippen LogP contribution in [0.3, 0.4) is 0 Å². The Hall–Kier alpha value is -1.20. The largest absolute Gasteiger partial charge is 0.351 e. The molecular formula is C15H15BrFNOS. The minimum Gasteiger partial charge on any atom is -0.351 e. The van der Waals surface area contributed by atoms with Crippen LogP contribution in [-0.4, -0.2) is 12.5 Å². The molecule has 0 atom stereocenters. The Bertz CT molecular complexity index is 610. The SMILES string of the molecule is CC(C)(CNC(=O)c1cc(Br)ccc1F)c1cccs1. The first kappa shape index (κ1) is 15.2. The van der Waals surface area contributed by atoms with E-state index in [1.165, 1.54) is 17.0 Å². The summed E-state index contributed by atoms with van der Waals surface area (Å²) in [4.78, 5) is 13.3. The van der Waals surface area contributed by atoms with Crippen molar-refractivity contribution in [2.75, 3.05) is 6.54 Å². The molecule has 20 heavy (non-hydrogen) atoms. The Labute approximate surface area is 130 Å². The smallest absolute Gasteiger partial charge is 0.254 e. The van der Waals surface area contributed by atoms with Crippen molar-refractivity contribution in [2.45, 2.75) is 19.3 Å². The van der Waals surface area contributed by atoms with Crippen LogP contribution in [0.5, 0.6) is 0 Å². The van der Waals surface area contributed by atoms with Crippen molar-refractivity contribution < 1.29 is 9.18 Å². The average molecular weight is 356 g/mol. The lowest BCUT2D eigenvalue weighted by molar-refractivity contribution is 0.0942. The number of hydrogen-bond acceptors (Lipinski definition) is 2. The van der Waals surface area contributed by atoms with Gasteiger partial charge in [0.15, 0.2) is 0 Å². The van der Waals surface area contributed by atoms with E-state index in [0.717, 1.165) is 0 Å². The molecule has 2 rings (SSSR count). The summed E-state index contributed by atoms with van der Waals surface area (Å²) < 4.78 is 14.3. The average Bonchev–Trinajstić information content (AvgIpc) is 2.93. The molecule has 0 saturated heterocycles. The Morgan fingerprint density at radius 1 is 1.40 bits per heavy atom. The second kappa shape index (κ2) is 6.06. The van der Waals surface area contributed by atoms with Gasteiger partial charge in [0, 0.05) is 21.3 Å². The summed E-state index contributed by atoms with van der Waals surface area (Å²) in [5.41, 5.74) is -0.117. The van der Waals surface area contributed by atoms with Crippen LogP contribution in [0, 0.1) is 5.82 Å². The van der Waals surface area contributed by atoms with Gasteiger partial charge >= 0.3 is 0 Å². The first-order chi connectivity index (χ1) is 9.40. The van der Waals surface area contributed by atoms with Gasteiger partial charge in [0.1, 0.15) is 5.82 Å². The maximum atomic E-state index is 13.6. The lowest BCUT2D eigenvalue weighted by atomic mass is 9.91. The molecule has 0 fully saturated rings. The Kier molecular flexibility index (Phi) is 4.60. The number of carbonyl (C=O) groups is 1. The number of nitrogens with one attached hydrogen (secondary N) is 1. The third-order valence-corrected chi connectivity index (χ3v) is 4.78. The molecule has 2 nitrogen and oxygen atoms in total. The number of amides is 1. The standard InChI is InChI=1S/C15H15BrFNOS/c1-15(2,13-4-3-7-20-13)9-18-14(19)11-8-10(16)5-6-12(11)17/h3-8H,9H2,1-2H3,(H,18,19). The van der Waals surface area contributed by atoms with Crippen LogP contribution in [-0.2, 0) is 5.41 Å². The van der Waals surface area contributed by atoms with Gasteiger partial charge in [0.2, 0.25) is 0 Å². The van der Waals surface area contributed by atoms with Crippen molar-refractivity contribution in [2.24, 2.45) is 0 Å². The molecule has 1 aromatic heterocycles. The Morgan fingerprint density at radius 3 is 2.80 bits per heavy atom. The highest BCUT2D eigenvalue weighted by Gasteiger charge is 2.23. The predicted octanol–water partition coefficient (Wildman–Crippen LogP) is 4.36. The van der Waals surface area contributed by atoms with Crippen molar-refractivity contribution in [3.8, 4) is 0 Å². The lowest BCUT2D eigenvalue weighted by Crippen LogP contribution is -2.36. The summed E-state index contributed by atoms with van der Waals surface area (Å²) >= 11 is 4.89. The van der Waals surface area contributed by atoms with Gasteiger partial charge in [-0.2, -0.15) is 0 Å². The summed E-state index contributed by atoms with van der Waals surface area (Å²) in [6.45, 7) is 4.56. The second-order valence-electron chi connectivity index (χ2n) is 5.17. The number of rotatable bonds is 4. The van der Waals surface area contributed by atoms with Gasteiger partial charge in [0.05, 0.1) is 5.56 Å². The fourth-order valence-corrected chi connectivity index (χ4v) is 3.03. The zero-order chi connectivity index (χ0) is 14.8. The van der Waals surface area contributed by atoms with E-state index in [9.17, 15) is 9.18 Å². The number of thiophene rings is 1. The molecule has 0 unspecified atom stereocenters. The molecule has 0 radical (unpaired) electrons. The molecule has 1 N–H and O–H groups in total. The minimum atomic E-state index is -0.514. The summed E-state index contributed by atoms with van der Waals surface area (Å²) in [5, 5.41) is 4.81. The Balaban J connectivity index is 2.07. The van der Waals surface area contributed by atoms with E-state index < -0.39 is 11.7 Å². The van der Waals surface area contributed by atoms with Gasteiger partial charge in [-0.1, -0.05) is 35.8 Å². The third-order valence-electron chi connectivity index (χ3n) is 3.05. The van der Waals surface area contributed by atoms with Crippen LogP contribution in [0.15, 0.2) is 40.2 Å². The van der Waals surface area contributed by atoms with Crippen molar-refractivity contribution >= 4 is 33.2 Å². The molecule has 1 amide bonds. The lowest BCUT2D eigenvalue weighted by Gasteiger charge is -2.23. The van der Waals surface area contributed by atoms with E-state index in [2.05, 4.69) is 35.1 Å². The quantitative estimate of drug-likeness (QED) is 0.867. The van der Waals surface area contributed by atoms with Gasteiger partial charge in [-0.3, -0.25) is 4.79 Å². The summed E-state index contributed by atoms with van der Waals surface area (Å²) in [6, 6.07) is 8.36. The van der Waals surface area contributed by atoms with Crippen LogP contribution < -0.4 is 5.32 Å². The fourth-order valence-electron chi connectivity index (χ4n) is 1.82. The maximum Gasteiger partial charge on any atom is 0.254 e. The molecule has 2 aromatic rings. The van der Waals surface area contributed by atoms with E-state index in [4.69, 9.17) is 0 Å². The molecule has 1 heterocycles. The Morgan fingerprint density at radius 2 is 2.15 bits per heavy atom. The van der Waals surface area contributed by atoms with Gasteiger partial charge in [-0.15, -0.1) is 11.3 Å². The summed E-state index contributed by atoms with van der Waals surface area (Å²) in [6.07, 6.45) is 0. The van der Waals surface area contributed by atoms with Crippen LogP contribution in [0.2, 0.25) is 0 Å². The van der Waals surface area contributed by atoms with E-state index in [0.29, 0.717) is 11.0 Å². The van der Waals surface area contributed by atoms with Crippen LogP contribution >= 0.6 is 27.3 Å². The first-order valence-corrected chi connectivity index (χ1v) is 7.85. The number of carbonyl (C=O) groups excluding carboxylic acids is 1. The van der Waals surface area contributed by atoms with Crippen molar-refractivity contribution in [3.05, 3.63) is 56.4 Å². The van der Waals surface area contributed by atoms with E-state index in [1.54, 1.807) is 17.4 Å². The normalized spacial score (nSPS) is 11.4.